The molecule has 0 bridgehead atoms. The molecule has 186 valence electrons. The maximum absolute atomic E-state index is 13.8. The molecule has 2 aromatic carbocycles. The number of carbonyl (C=O) groups is 1. The van der Waals surface area contributed by atoms with Crippen molar-refractivity contribution in [1.82, 2.24) is 10.2 Å². The minimum atomic E-state index is -0.749. The van der Waals surface area contributed by atoms with Crippen LogP contribution in [0.2, 0.25) is 0 Å². The Labute approximate surface area is 212 Å². The third kappa shape index (κ3) is 4.03. The average Bonchev–Trinajstić information content (AvgIpc) is 3.47. The van der Waals surface area contributed by atoms with Gasteiger partial charge < -0.3 is 13.9 Å². The fraction of sp³-hybridized carbons (Fsp3) is 0.333. The van der Waals surface area contributed by atoms with E-state index >= 15 is 0 Å². The Bertz CT molecular complexity index is 1490. The standard InChI is InChI=1S/C27H27N3O5S/c1-5-13-34-19-12-11-16(14-20(19)33-6-2)22-21-23(31)17-9-7-8-10-18(17)35-24(21)26(32)30(22)27-29-28-25(36-27)15(3)4/h7-12,14-15,22H,5-6,13H2,1-4H3/t22-/m1/s1. The van der Waals surface area contributed by atoms with Crippen molar-refractivity contribution in [2.75, 3.05) is 18.1 Å². The molecule has 1 atom stereocenters. The van der Waals surface area contributed by atoms with E-state index in [0.29, 0.717) is 46.4 Å². The van der Waals surface area contributed by atoms with E-state index in [1.165, 1.54) is 16.2 Å². The summed E-state index contributed by atoms with van der Waals surface area (Å²) in [6.07, 6.45) is 0.856. The zero-order chi connectivity index (χ0) is 25.4. The number of hydrogen-bond acceptors (Lipinski definition) is 8. The summed E-state index contributed by atoms with van der Waals surface area (Å²) in [4.78, 5) is 29.0. The molecule has 0 aliphatic carbocycles. The molecular weight excluding hydrogens is 478 g/mol. The number of anilines is 1. The molecule has 5 rings (SSSR count). The number of ether oxygens (including phenoxy) is 2. The van der Waals surface area contributed by atoms with Gasteiger partial charge in [-0.2, -0.15) is 0 Å². The van der Waals surface area contributed by atoms with Gasteiger partial charge in [-0.25, -0.2) is 0 Å². The van der Waals surface area contributed by atoms with Crippen molar-refractivity contribution < 1.29 is 18.7 Å². The molecule has 36 heavy (non-hydrogen) atoms. The summed E-state index contributed by atoms with van der Waals surface area (Å²) in [6, 6.07) is 11.7. The molecule has 0 fully saturated rings. The number of benzene rings is 2. The molecule has 9 heteroatoms. The van der Waals surface area contributed by atoms with Gasteiger partial charge in [0.2, 0.25) is 10.9 Å². The van der Waals surface area contributed by atoms with Crippen molar-refractivity contribution >= 4 is 33.3 Å². The summed E-state index contributed by atoms with van der Waals surface area (Å²) < 4.78 is 17.8. The third-order valence-corrected chi connectivity index (χ3v) is 7.18. The largest absolute Gasteiger partial charge is 0.490 e. The topological polar surface area (TPSA) is 94.8 Å². The lowest BCUT2D eigenvalue weighted by Crippen LogP contribution is -2.29. The van der Waals surface area contributed by atoms with E-state index in [1.54, 1.807) is 24.3 Å². The molecule has 0 radical (unpaired) electrons. The van der Waals surface area contributed by atoms with Gasteiger partial charge in [-0.1, -0.05) is 50.3 Å². The first kappa shape index (κ1) is 24.0. The number of rotatable bonds is 8. The molecule has 4 aromatic rings. The van der Waals surface area contributed by atoms with Gasteiger partial charge in [-0.05, 0) is 43.2 Å². The molecule has 1 aliphatic rings. The molecule has 8 nitrogen and oxygen atoms in total. The van der Waals surface area contributed by atoms with E-state index in [0.717, 1.165) is 11.4 Å². The Hall–Kier alpha value is -3.72. The number of para-hydroxylation sites is 1. The van der Waals surface area contributed by atoms with Crippen LogP contribution in [0.15, 0.2) is 51.7 Å². The number of aromatic nitrogens is 2. The Morgan fingerprint density at radius 3 is 2.58 bits per heavy atom. The van der Waals surface area contributed by atoms with Crippen LogP contribution >= 0.6 is 11.3 Å². The van der Waals surface area contributed by atoms with Gasteiger partial charge in [0.1, 0.15) is 10.6 Å². The summed E-state index contributed by atoms with van der Waals surface area (Å²) in [7, 11) is 0. The van der Waals surface area contributed by atoms with Crippen LogP contribution in [0, 0.1) is 0 Å². The highest BCUT2D eigenvalue weighted by Gasteiger charge is 2.45. The SMILES string of the molecule is CCCOc1ccc([C@@H]2c3c(oc4ccccc4c3=O)C(=O)N2c2nnc(C(C)C)s2)cc1OCC. The molecule has 2 aromatic heterocycles. The zero-order valence-corrected chi connectivity index (χ0v) is 21.4. The second-order valence-corrected chi connectivity index (χ2v) is 9.80. The van der Waals surface area contributed by atoms with E-state index in [9.17, 15) is 9.59 Å². The van der Waals surface area contributed by atoms with Gasteiger partial charge in [0.05, 0.1) is 30.2 Å². The van der Waals surface area contributed by atoms with Crippen LogP contribution in [-0.4, -0.2) is 29.3 Å². The van der Waals surface area contributed by atoms with E-state index < -0.39 is 11.9 Å². The predicted octanol–water partition coefficient (Wildman–Crippen LogP) is 5.71. The van der Waals surface area contributed by atoms with Crippen molar-refractivity contribution in [3.05, 3.63) is 74.6 Å². The fourth-order valence-corrected chi connectivity index (χ4v) is 5.16. The maximum Gasteiger partial charge on any atom is 0.297 e. The Morgan fingerprint density at radius 2 is 1.86 bits per heavy atom. The monoisotopic (exact) mass is 505 g/mol. The zero-order valence-electron chi connectivity index (χ0n) is 20.6. The molecule has 1 amide bonds. The predicted molar refractivity (Wildman–Crippen MR) is 139 cm³/mol. The van der Waals surface area contributed by atoms with Gasteiger partial charge in [0, 0.05) is 5.92 Å². The number of nitrogens with zero attached hydrogens (tertiary/aromatic N) is 3. The average molecular weight is 506 g/mol. The van der Waals surface area contributed by atoms with Crippen molar-refractivity contribution in [2.24, 2.45) is 0 Å². The molecule has 0 spiro atoms. The van der Waals surface area contributed by atoms with E-state index in [2.05, 4.69) is 10.2 Å². The van der Waals surface area contributed by atoms with Crippen molar-refractivity contribution in [3.8, 4) is 11.5 Å². The van der Waals surface area contributed by atoms with Gasteiger partial charge in [0.15, 0.2) is 16.9 Å². The Kier molecular flexibility index (Phi) is 6.49. The molecular formula is C27H27N3O5S. The molecule has 0 saturated carbocycles. The van der Waals surface area contributed by atoms with Crippen LogP contribution in [0.25, 0.3) is 11.0 Å². The van der Waals surface area contributed by atoms with Crippen LogP contribution in [0.5, 0.6) is 11.5 Å². The molecule has 0 saturated heterocycles. The van der Waals surface area contributed by atoms with Gasteiger partial charge in [-0.15, -0.1) is 10.2 Å². The van der Waals surface area contributed by atoms with Crippen molar-refractivity contribution in [2.45, 2.75) is 46.1 Å². The van der Waals surface area contributed by atoms with Crippen LogP contribution < -0.4 is 19.8 Å². The number of carbonyl (C=O) groups excluding carboxylic acids is 1. The molecule has 3 heterocycles. The van der Waals surface area contributed by atoms with Crippen molar-refractivity contribution in [3.63, 3.8) is 0 Å². The molecule has 0 unspecified atom stereocenters. The first-order chi connectivity index (χ1) is 17.4. The minimum Gasteiger partial charge on any atom is -0.490 e. The number of amides is 1. The van der Waals surface area contributed by atoms with Gasteiger partial charge in [-0.3, -0.25) is 14.5 Å². The van der Waals surface area contributed by atoms with Gasteiger partial charge in [0.25, 0.3) is 5.91 Å². The quantitative estimate of drug-likeness (QED) is 0.303. The lowest BCUT2D eigenvalue weighted by atomic mass is 9.98. The summed E-state index contributed by atoms with van der Waals surface area (Å²) in [6.45, 7) is 8.95. The summed E-state index contributed by atoms with van der Waals surface area (Å²) in [5.74, 6) is 0.913. The third-order valence-electron chi connectivity index (χ3n) is 5.95. The minimum absolute atomic E-state index is 0.0225. The highest BCUT2D eigenvalue weighted by Crippen LogP contribution is 2.44. The molecule has 1 aliphatic heterocycles. The number of fused-ring (bicyclic) bond motifs is 2. The lowest BCUT2D eigenvalue weighted by molar-refractivity contribution is 0.0970. The van der Waals surface area contributed by atoms with Crippen LogP contribution in [0.4, 0.5) is 5.13 Å². The van der Waals surface area contributed by atoms with E-state index in [1.807, 2.05) is 45.9 Å². The van der Waals surface area contributed by atoms with E-state index in [-0.39, 0.29) is 22.7 Å². The maximum atomic E-state index is 13.8. The highest BCUT2D eigenvalue weighted by molar-refractivity contribution is 7.15. The second-order valence-electron chi connectivity index (χ2n) is 8.81. The first-order valence-corrected chi connectivity index (χ1v) is 12.9. The van der Waals surface area contributed by atoms with Gasteiger partial charge >= 0.3 is 0 Å². The second kappa shape index (κ2) is 9.73. The van der Waals surface area contributed by atoms with Crippen LogP contribution in [0.3, 0.4) is 0 Å². The summed E-state index contributed by atoms with van der Waals surface area (Å²) in [5.41, 5.74) is 1.10. The Balaban J connectivity index is 1.73. The first-order valence-electron chi connectivity index (χ1n) is 12.1. The Morgan fingerprint density at radius 1 is 1.06 bits per heavy atom. The normalized spacial score (nSPS) is 15.1. The highest BCUT2D eigenvalue weighted by atomic mass is 32.1. The number of hydrogen-bond donors (Lipinski definition) is 0. The van der Waals surface area contributed by atoms with Crippen molar-refractivity contribution in [1.29, 1.82) is 0 Å². The smallest absolute Gasteiger partial charge is 0.297 e. The van der Waals surface area contributed by atoms with Crippen LogP contribution in [-0.2, 0) is 0 Å². The lowest BCUT2D eigenvalue weighted by Gasteiger charge is -2.23. The molecule has 0 N–H and O–H groups in total. The van der Waals surface area contributed by atoms with Crippen LogP contribution in [0.1, 0.15) is 72.8 Å². The summed E-state index contributed by atoms with van der Waals surface area (Å²) in [5, 5.41) is 10.2. The summed E-state index contributed by atoms with van der Waals surface area (Å²) >= 11 is 1.33. The van der Waals surface area contributed by atoms with E-state index in [4.69, 9.17) is 13.9 Å². The fourth-order valence-electron chi connectivity index (χ4n) is 4.28.